The fourth-order valence-corrected chi connectivity index (χ4v) is 3.48. The summed E-state index contributed by atoms with van der Waals surface area (Å²) in [7, 11) is 0. The number of aliphatic hydroxyl groups is 1. The maximum absolute atomic E-state index is 10.9. The zero-order valence-corrected chi connectivity index (χ0v) is 11.4. The van der Waals surface area contributed by atoms with Gasteiger partial charge in [0.05, 0.1) is 0 Å². The lowest BCUT2D eigenvalue weighted by atomic mass is 9.73. The number of nitrogens with one attached hydrogen (secondary N) is 1. The quantitative estimate of drug-likeness (QED) is 0.697. The number of hydrogen-bond donors (Lipinski definition) is 2. The molecule has 2 aliphatic rings. The minimum absolute atomic E-state index is 0.304. The van der Waals surface area contributed by atoms with Gasteiger partial charge in [0.2, 0.25) is 0 Å². The van der Waals surface area contributed by atoms with Crippen molar-refractivity contribution >= 4 is 0 Å². The molecule has 1 aliphatic heterocycles. The number of hydrogen-bond acceptors (Lipinski definition) is 2. The second kappa shape index (κ2) is 5.00. The standard InChI is InChI=1S/C17H21NO/c1-13-4-2-5-14(12-13)7-10-17(19)9-3-6-16-15(17)8-11-18-16/h2,4-5,12,15-16,18-19H,3,6,8-9,11H2,1H3/t15?,16?,17-/m1/s1. The van der Waals surface area contributed by atoms with Crippen molar-refractivity contribution < 1.29 is 5.11 Å². The lowest BCUT2D eigenvalue weighted by Crippen LogP contribution is -2.47. The van der Waals surface area contributed by atoms with E-state index >= 15 is 0 Å². The molecule has 2 unspecified atom stereocenters. The normalized spacial score (nSPS) is 33.4. The SMILES string of the molecule is Cc1cccc(C#C[C@]2(O)CCCC3NCCC32)c1. The van der Waals surface area contributed by atoms with E-state index in [9.17, 15) is 5.11 Å². The van der Waals surface area contributed by atoms with E-state index in [2.05, 4.69) is 36.2 Å². The highest BCUT2D eigenvalue weighted by atomic mass is 16.3. The Balaban J connectivity index is 1.85. The topological polar surface area (TPSA) is 32.3 Å². The van der Waals surface area contributed by atoms with Crippen molar-refractivity contribution in [2.45, 2.75) is 44.2 Å². The van der Waals surface area contributed by atoms with Crippen molar-refractivity contribution in [2.75, 3.05) is 6.54 Å². The van der Waals surface area contributed by atoms with Crippen LogP contribution in [0.25, 0.3) is 0 Å². The minimum Gasteiger partial charge on any atom is -0.377 e. The Kier molecular flexibility index (Phi) is 3.35. The predicted octanol–water partition coefficient (Wildman–Crippen LogP) is 2.24. The van der Waals surface area contributed by atoms with Gasteiger partial charge in [0.1, 0.15) is 5.60 Å². The van der Waals surface area contributed by atoms with Gasteiger partial charge in [-0.25, -0.2) is 0 Å². The van der Waals surface area contributed by atoms with Crippen molar-refractivity contribution in [1.82, 2.24) is 5.32 Å². The summed E-state index contributed by atoms with van der Waals surface area (Å²) in [6, 6.07) is 8.63. The van der Waals surface area contributed by atoms with Crippen LogP contribution in [0.2, 0.25) is 0 Å². The molecule has 0 bridgehead atoms. The molecule has 1 heterocycles. The van der Waals surface area contributed by atoms with Crippen LogP contribution in [0.15, 0.2) is 24.3 Å². The Morgan fingerprint density at radius 1 is 1.37 bits per heavy atom. The fraction of sp³-hybridized carbons (Fsp3) is 0.529. The second-order valence-corrected chi connectivity index (χ2v) is 5.89. The summed E-state index contributed by atoms with van der Waals surface area (Å²) in [4.78, 5) is 0. The van der Waals surface area contributed by atoms with Gasteiger partial charge in [-0.15, -0.1) is 0 Å². The summed E-state index contributed by atoms with van der Waals surface area (Å²) in [6.45, 7) is 3.08. The van der Waals surface area contributed by atoms with E-state index in [1.807, 2.05) is 12.1 Å². The first-order valence-corrected chi connectivity index (χ1v) is 7.23. The molecule has 1 aromatic carbocycles. The molecule has 2 heteroatoms. The third-order valence-electron chi connectivity index (χ3n) is 4.48. The molecule has 1 saturated heterocycles. The Hall–Kier alpha value is -1.30. The molecule has 19 heavy (non-hydrogen) atoms. The van der Waals surface area contributed by atoms with Gasteiger partial charge < -0.3 is 10.4 Å². The molecule has 1 aromatic rings. The smallest absolute Gasteiger partial charge is 0.130 e. The first kappa shape index (κ1) is 12.7. The van der Waals surface area contributed by atoms with Crippen LogP contribution >= 0.6 is 0 Å². The number of rotatable bonds is 0. The third kappa shape index (κ3) is 2.54. The third-order valence-corrected chi connectivity index (χ3v) is 4.48. The highest BCUT2D eigenvalue weighted by Gasteiger charge is 2.45. The first-order chi connectivity index (χ1) is 9.17. The van der Waals surface area contributed by atoms with Gasteiger partial charge in [0.25, 0.3) is 0 Å². The number of benzene rings is 1. The average molecular weight is 255 g/mol. The van der Waals surface area contributed by atoms with Crippen molar-refractivity contribution in [1.29, 1.82) is 0 Å². The van der Waals surface area contributed by atoms with E-state index in [4.69, 9.17) is 0 Å². The van der Waals surface area contributed by atoms with Crippen LogP contribution in [0.5, 0.6) is 0 Å². The van der Waals surface area contributed by atoms with Gasteiger partial charge in [0, 0.05) is 17.5 Å². The number of aryl methyl sites for hydroxylation is 1. The largest absolute Gasteiger partial charge is 0.377 e. The maximum Gasteiger partial charge on any atom is 0.130 e. The number of fused-ring (bicyclic) bond motifs is 1. The summed E-state index contributed by atoms with van der Waals surface area (Å²) in [5.74, 6) is 6.66. The Morgan fingerprint density at radius 2 is 2.26 bits per heavy atom. The van der Waals surface area contributed by atoms with Crippen LogP contribution in [0.1, 0.15) is 36.8 Å². The lowest BCUT2D eigenvalue weighted by molar-refractivity contribution is 0.000968. The highest BCUT2D eigenvalue weighted by Crippen LogP contribution is 2.38. The fourth-order valence-electron chi connectivity index (χ4n) is 3.48. The molecule has 2 N–H and O–H groups in total. The van der Waals surface area contributed by atoms with E-state index in [1.54, 1.807) is 0 Å². The molecular weight excluding hydrogens is 234 g/mol. The van der Waals surface area contributed by atoms with Gasteiger partial charge in [-0.1, -0.05) is 24.0 Å². The minimum atomic E-state index is -0.795. The van der Waals surface area contributed by atoms with E-state index < -0.39 is 5.60 Å². The zero-order valence-electron chi connectivity index (χ0n) is 11.4. The van der Waals surface area contributed by atoms with Gasteiger partial charge >= 0.3 is 0 Å². The van der Waals surface area contributed by atoms with Crippen LogP contribution in [-0.4, -0.2) is 23.3 Å². The van der Waals surface area contributed by atoms with Crippen LogP contribution in [0, 0.1) is 24.7 Å². The molecule has 0 aromatic heterocycles. The molecule has 0 amide bonds. The Bertz CT molecular complexity index is 528. The van der Waals surface area contributed by atoms with Crippen LogP contribution < -0.4 is 5.32 Å². The zero-order chi connectivity index (χ0) is 13.3. The highest BCUT2D eigenvalue weighted by molar-refractivity contribution is 5.39. The van der Waals surface area contributed by atoms with E-state index in [-0.39, 0.29) is 0 Å². The molecule has 2 nitrogen and oxygen atoms in total. The summed E-state index contributed by atoms with van der Waals surface area (Å²) < 4.78 is 0. The molecular formula is C17H21NO. The van der Waals surface area contributed by atoms with Crippen LogP contribution in [0.4, 0.5) is 0 Å². The van der Waals surface area contributed by atoms with E-state index in [0.717, 1.165) is 31.4 Å². The summed E-state index contributed by atoms with van der Waals surface area (Å²) in [5, 5.41) is 14.4. The van der Waals surface area contributed by atoms with Gasteiger partial charge in [-0.3, -0.25) is 0 Å². The molecule has 3 rings (SSSR count). The molecule has 1 saturated carbocycles. The lowest BCUT2D eigenvalue weighted by Gasteiger charge is -2.37. The molecule has 3 atom stereocenters. The van der Waals surface area contributed by atoms with Gasteiger partial charge in [-0.2, -0.15) is 0 Å². The molecule has 2 fully saturated rings. The van der Waals surface area contributed by atoms with Crippen LogP contribution in [0.3, 0.4) is 0 Å². The van der Waals surface area contributed by atoms with E-state index in [1.165, 1.54) is 12.0 Å². The van der Waals surface area contributed by atoms with Gasteiger partial charge in [-0.05, 0) is 56.8 Å². The van der Waals surface area contributed by atoms with Crippen molar-refractivity contribution in [3.05, 3.63) is 35.4 Å². The average Bonchev–Trinajstić information content (AvgIpc) is 2.87. The van der Waals surface area contributed by atoms with Crippen molar-refractivity contribution in [3.63, 3.8) is 0 Å². The summed E-state index contributed by atoms with van der Waals surface area (Å²) in [6.07, 6.45) is 4.10. The summed E-state index contributed by atoms with van der Waals surface area (Å²) in [5.41, 5.74) is 1.42. The Morgan fingerprint density at radius 3 is 3.11 bits per heavy atom. The first-order valence-electron chi connectivity index (χ1n) is 7.23. The van der Waals surface area contributed by atoms with E-state index in [0.29, 0.717) is 12.0 Å². The molecule has 0 spiro atoms. The monoisotopic (exact) mass is 255 g/mol. The van der Waals surface area contributed by atoms with Crippen molar-refractivity contribution in [2.24, 2.45) is 5.92 Å². The van der Waals surface area contributed by atoms with Gasteiger partial charge in [0.15, 0.2) is 0 Å². The molecule has 1 aliphatic carbocycles. The molecule has 100 valence electrons. The molecule has 0 radical (unpaired) electrons. The summed E-state index contributed by atoms with van der Waals surface area (Å²) >= 11 is 0. The van der Waals surface area contributed by atoms with Crippen LogP contribution in [-0.2, 0) is 0 Å². The van der Waals surface area contributed by atoms with Crippen molar-refractivity contribution in [3.8, 4) is 11.8 Å². The second-order valence-electron chi connectivity index (χ2n) is 5.89. The maximum atomic E-state index is 10.9. The predicted molar refractivity (Wildman–Crippen MR) is 76.8 cm³/mol. The Labute approximate surface area is 115 Å².